The summed E-state index contributed by atoms with van der Waals surface area (Å²) in [5.41, 5.74) is 0.300. The Bertz CT molecular complexity index is 284. The van der Waals surface area contributed by atoms with Gasteiger partial charge in [-0.05, 0) is 36.9 Å². The standard InChI is InChI=1S/C16H29NOS/c18-15-9-5-1-4-8-12-17(15)13-16(14-19)10-6-2-3-7-11-16/h19H,1-14H2. The van der Waals surface area contributed by atoms with Crippen molar-refractivity contribution in [2.24, 2.45) is 5.41 Å². The maximum absolute atomic E-state index is 12.3. The van der Waals surface area contributed by atoms with E-state index in [0.717, 1.165) is 31.7 Å². The average molecular weight is 283 g/mol. The van der Waals surface area contributed by atoms with Crippen molar-refractivity contribution in [2.45, 2.75) is 70.6 Å². The normalized spacial score (nSPS) is 25.5. The molecule has 3 heteroatoms. The summed E-state index contributed by atoms with van der Waals surface area (Å²) in [6, 6.07) is 0. The molecular formula is C16H29NOS. The van der Waals surface area contributed by atoms with Gasteiger partial charge in [0, 0.05) is 19.5 Å². The molecule has 1 aliphatic carbocycles. The Morgan fingerprint density at radius 1 is 0.947 bits per heavy atom. The lowest BCUT2D eigenvalue weighted by molar-refractivity contribution is -0.133. The smallest absolute Gasteiger partial charge is 0.222 e. The zero-order valence-electron chi connectivity index (χ0n) is 12.2. The van der Waals surface area contributed by atoms with Crippen LogP contribution in [0.4, 0.5) is 0 Å². The third-order valence-electron chi connectivity index (χ3n) is 4.95. The number of hydrogen-bond donors (Lipinski definition) is 1. The van der Waals surface area contributed by atoms with Gasteiger partial charge in [-0.25, -0.2) is 0 Å². The molecule has 0 unspecified atom stereocenters. The fourth-order valence-corrected chi connectivity index (χ4v) is 4.05. The third kappa shape index (κ3) is 4.40. The van der Waals surface area contributed by atoms with Gasteiger partial charge in [0.25, 0.3) is 0 Å². The van der Waals surface area contributed by atoms with Gasteiger partial charge in [-0.1, -0.05) is 38.5 Å². The molecule has 2 fully saturated rings. The van der Waals surface area contributed by atoms with Crippen LogP contribution in [0.25, 0.3) is 0 Å². The van der Waals surface area contributed by atoms with Gasteiger partial charge in [0.15, 0.2) is 0 Å². The summed E-state index contributed by atoms with van der Waals surface area (Å²) in [7, 11) is 0. The molecule has 0 radical (unpaired) electrons. The molecule has 0 spiro atoms. The van der Waals surface area contributed by atoms with E-state index in [4.69, 9.17) is 0 Å². The molecule has 1 saturated carbocycles. The topological polar surface area (TPSA) is 20.3 Å². The van der Waals surface area contributed by atoms with E-state index in [9.17, 15) is 4.79 Å². The zero-order valence-corrected chi connectivity index (χ0v) is 13.1. The Morgan fingerprint density at radius 2 is 1.58 bits per heavy atom. The second-order valence-electron chi connectivity index (χ2n) is 6.55. The van der Waals surface area contributed by atoms with E-state index in [2.05, 4.69) is 17.5 Å². The molecule has 110 valence electrons. The van der Waals surface area contributed by atoms with Crippen molar-refractivity contribution in [3.05, 3.63) is 0 Å². The summed E-state index contributed by atoms with van der Waals surface area (Å²) in [6.45, 7) is 1.95. The maximum Gasteiger partial charge on any atom is 0.222 e. The molecule has 0 aromatic heterocycles. The van der Waals surface area contributed by atoms with Crippen LogP contribution in [0.15, 0.2) is 0 Å². The van der Waals surface area contributed by atoms with E-state index >= 15 is 0 Å². The largest absolute Gasteiger partial charge is 0.342 e. The van der Waals surface area contributed by atoms with Crippen LogP contribution in [0, 0.1) is 5.41 Å². The van der Waals surface area contributed by atoms with Crippen LogP contribution < -0.4 is 0 Å². The highest BCUT2D eigenvalue weighted by molar-refractivity contribution is 7.80. The number of nitrogens with zero attached hydrogens (tertiary/aromatic N) is 1. The number of amides is 1. The van der Waals surface area contributed by atoms with E-state index in [1.165, 1.54) is 57.8 Å². The van der Waals surface area contributed by atoms with E-state index in [1.54, 1.807) is 0 Å². The van der Waals surface area contributed by atoms with Gasteiger partial charge in [0.2, 0.25) is 5.91 Å². The van der Waals surface area contributed by atoms with Crippen LogP contribution in [-0.2, 0) is 4.79 Å². The Hall–Kier alpha value is -0.180. The minimum absolute atomic E-state index is 0.300. The number of likely N-dealkylation sites (tertiary alicyclic amines) is 1. The lowest BCUT2D eigenvalue weighted by Gasteiger charge is -2.37. The van der Waals surface area contributed by atoms with Crippen molar-refractivity contribution in [2.75, 3.05) is 18.8 Å². The second-order valence-corrected chi connectivity index (χ2v) is 6.87. The highest BCUT2D eigenvalue weighted by atomic mass is 32.1. The van der Waals surface area contributed by atoms with E-state index in [0.29, 0.717) is 11.3 Å². The van der Waals surface area contributed by atoms with E-state index in [-0.39, 0.29) is 0 Å². The molecule has 19 heavy (non-hydrogen) atoms. The summed E-state index contributed by atoms with van der Waals surface area (Å²) in [5, 5.41) is 0. The van der Waals surface area contributed by atoms with Crippen LogP contribution in [0.3, 0.4) is 0 Å². The minimum Gasteiger partial charge on any atom is -0.342 e. The van der Waals surface area contributed by atoms with Gasteiger partial charge >= 0.3 is 0 Å². The molecule has 0 atom stereocenters. The molecule has 2 aliphatic rings. The van der Waals surface area contributed by atoms with Crippen molar-refractivity contribution < 1.29 is 4.79 Å². The van der Waals surface area contributed by atoms with Crippen LogP contribution in [0.5, 0.6) is 0 Å². The Morgan fingerprint density at radius 3 is 2.26 bits per heavy atom. The molecule has 0 aromatic rings. The number of carbonyl (C=O) groups is 1. The lowest BCUT2D eigenvalue weighted by atomic mass is 9.81. The molecule has 1 saturated heterocycles. The van der Waals surface area contributed by atoms with E-state index in [1.807, 2.05) is 0 Å². The van der Waals surface area contributed by atoms with Gasteiger partial charge in [0.1, 0.15) is 0 Å². The van der Waals surface area contributed by atoms with Gasteiger partial charge in [0.05, 0.1) is 0 Å². The molecule has 1 aliphatic heterocycles. The van der Waals surface area contributed by atoms with Gasteiger partial charge in [-0.2, -0.15) is 12.6 Å². The molecule has 0 bridgehead atoms. The number of thiol groups is 1. The molecule has 0 aromatic carbocycles. The molecule has 2 nitrogen and oxygen atoms in total. The fraction of sp³-hybridized carbons (Fsp3) is 0.938. The molecule has 1 amide bonds. The Labute approximate surface area is 123 Å². The summed E-state index contributed by atoms with van der Waals surface area (Å²) in [6.07, 6.45) is 13.5. The Balaban J connectivity index is 1.99. The monoisotopic (exact) mass is 283 g/mol. The van der Waals surface area contributed by atoms with Crippen molar-refractivity contribution in [3.63, 3.8) is 0 Å². The SMILES string of the molecule is O=C1CCCCCCN1CC1(CS)CCCCCC1. The highest BCUT2D eigenvalue weighted by Gasteiger charge is 2.33. The Kier molecular flexibility index (Phi) is 6.06. The third-order valence-corrected chi connectivity index (χ3v) is 5.62. The van der Waals surface area contributed by atoms with Gasteiger partial charge in [-0.3, -0.25) is 4.79 Å². The van der Waals surface area contributed by atoms with Crippen LogP contribution >= 0.6 is 12.6 Å². The molecule has 1 heterocycles. The summed E-state index contributed by atoms with van der Waals surface area (Å²) in [5.74, 6) is 1.33. The minimum atomic E-state index is 0.300. The van der Waals surface area contributed by atoms with Crippen molar-refractivity contribution in [3.8, 4) is 0 Å². The fourth-order valence-electron chi connectivity index (χ4n) is 3.63. The molecule has 2 rings (SSSR count). The highest BCUT2D eigenvalue weighted by Crippen LogP contribution is 2.37. The maximum atomic E-state index is 12.3. The zero-order chi connectivity index (χ0) is 13.6. The van der Waals surface area contributed by atoms with Gasteiger partial charge in [-0.15, -0.1) is 0 Å². The first-order valence-corrected chi connectivity index (χ1v) is 8.78. The van der Waals surface area contributed by atoms with Crippen molar-refractivity contribution >= 4 is 18.5 Å². The summed E-state index contributed by atoms with van der Waals surface area (Å²) in [4.78, 5) is 14.5. The first-order chi connectivity index (χ1) is 9.26. The number of hydrogen-bond acceptors (Lipinski definition) is 2. The van der Waals surface area contributed by atoms with Crippen molar-refractivity contribution in [1.29, 1.82) is 0 Å². The first-order valence-electron chi connectivity index (χ1n) is 8.14. The van der Waals surface area contributed by atoms with Crippen LogP contribution in [0.1, 0.15) is 70.6 Å². The van der Waals surface area contributed by atoms with Crippen LogP contribution in [0.2, 0.25) is 0 Å². The van der Waals surface area contributed by atoms with Crippen molar-refractivity contribution in [1.82, 2.24) is 4.90 Å². The van der Waals surface area contributed by atoms with E-state index < -0.39 is 0 Å². The molecular weight excluding hydrogens is 254 g/mol. The lowest BCUT2D eigenvalue weighted by Crippen LogP contribution is -2.43. The average Bonchev–Trinajstić information content (AvgIpc) is 2.65. The quantitative estimate of drug-likeness (QED) is 0.612. The molecule has 0 N–H and O–H groups in total. The number of carbonyl (C=O) groups excluding carboxylic acids is 1. The van der Waals surface area contributed by atoms with Crippen LogP contribution in [-0.4, -0.2) is 29.6 Å². The second kappa shape index (κ2) is 7.56. The van der Waals surface area contributed by atoms with Gasteiger partial charge < -0.3 is 4.90 Å². The predicted octanol–water partition coefficient (Wildman–Crippen LogP) is 4.05. The predicted molar refractivity (Wildman–Crippen MR) is 83.7 cm³/mol. The number of rotatable bonds is 3. The summed E-state index contributed by atoms with van der Waals surface area (Å²) < 4.78 is 0. The first kappa shape index (κ1) is 15.2. The summed E-state index contributed by atoms with van der Waals surface area (Å²) >= 11 is 4.64.